The molecule has 0 aliphatic heterocycles. The van der Waals surface area contributed by atoms with Gasteiger partial charge in [0.25, 0.3) is 5.66 Å². The van der Waals surface area contributed by atoms with Crippen molar-refractivity contribution in [3.8, 4) is 12.8 Å². The van der Waals surface area contributed by atoms with Crippen molar-refractivity contribution >= 4 is 9.24 Å². The third kappa shape index (κ3) is 7.22. The maximum absolute atomic E-state index is 13.0. The Balaban J connectivity index is 0.00000191. The molecule has 21 heavy (non-hydrogen) atoms. The van der Waals surface area contributed by atoms with E-state index in [9.17, 15) is 13.9 Å². The van der Waals surface area contributed by atoms with Crippen molar-refractivity contribution in [1.82, 2.24) is 4.90 Å². The number of hydrogen-bond donors (Lipinski definition) is 1. The van der Waals surface area contributed by atoms with E-state index in [0.29, 0.717) is 6.54 Å². The second kappa shape index (κ2) is 8.77. The van der Waals surface area contributed by atoms with E-state index < -0.39 is 11.8 Å². The van der Waals surface area contributed by atoms with Gasteiger partial charge in [0.1, 0.15) is 0 Å². The lowest BCUT2D eigenvalue weighted by atomic mass is 10.1. The standard InChI is InChI=1S/C14H20F2NOP.C2H2/c1-10(14(15,16)19)8-17(3)9-12-4-6-13(7-5-12)11(2)18;1-2/h4-8,11,18H,9,19H2,1-3H3;1-2H/b10-8+;. The van der Waals surface area contributed by atoms with E-state index in [4.69, 9.17) is 0 Å². The first-order valence-corrected chi connectivity index (χ1v) is 6.94. The van der Waals surface area contributed by atoms with E-state index in [1.165, 1.54) is 22.4 Å². The van der Waals surface area contributed by atoms with Gasteiger partial charge in [0, 0.05) is 25.4 Å². The summed E-state index contributed by atoms with van der Waals surface area (Å²) in [4.78, 5) is 1.71. The summed E-state index contributed by atoms with van der Waals surface area (Å²) in [6, 6.07) is 7.46. The first kappa shape index (κ1) is 19.6. The molecule has 1 N–H and O–H groups in total. The van der Waals surface area contributed by atoms with Crippen molar-refractivity contribution in [1.29, 1.82) is 0 Å². The largest absolute Gasteiger partial charge is 0.389 e. The zero-order valence-corrected chi connectivity index (χ0v) is 13.7. The lowest BCUT2D eigenvalue weighted by Crippen LogP contribution is -2.15. The number of alkyl halides is 2. The van der Waals surface area contributed by atoms with Gasteiger partial charge in [-0.3, -0.25) is 0 Å². The van der Waals surface area contributed by atoms with Crippen LogP contribution in [0.4, 0.5) is 8.78 Å². The Morgan fingerprint density at radius 1 is 1.38 bits per heavy atom. The van der Waals surface area contributed by atoms with Crippen molar-refractivity contribution in [2.24, 2.45) is 0 Å². The van der Waals surface area contributed by atoms with E-state index in [-0.39, 0.29) is 5.57 Å². The molecular weight excluding hydrogens is 291 g/mol. The van der Waals surface area contributed by atoms with Crippen molar-refractivity contribution in [2.45, 2.75) is 32.2 Å². The number of allylic oxidation sites excluding steroid dienone is 1. The lowest BCUT2D eigenvalue weighted by Gasteiger charge is -2.18. The minimum Gasteiger partial charge on any atom is -0.389 e. The van der Waals surface area contributed by atoms with Crippen LogP contribution in [0.1, 0.15) is 31.1 Å². The third-order valence-electron chi connectivity index (χ3n) is 2.83. The van der Waals surface area contributed by atoms with Gasteiger partial charge < -0.3 is 10.0 Å². The second-order valence-corrected chi connectivity index (χ2v) is 5.49. The molecule has 0 saturated heterocycles. The molecule has 0 saturated carbocycles. The Morgan fingerprint density at radius 2 is 1.86 bits per heavy atom. The number of aliphatic hydroxyl groups is 1. The average Bonchev–Trinajstić information content (AvgIpc) is 2.40. The molecule has 0 spiro atoms. The van der Waals surface area contributed by atoms with Gasteiger partial charge in [-0.25, -0.2) is 0 Å². The quantitative estimate of drug-likeness (QED) is 0.660. The predicted molar refractivity (Wildman–Crippen MR) is 86.8 cm³/mol. The summed E-state index contributed by atoms with van der Waals surface area (Å²) >= 11 is 0. The van der Waals surface area contributed by atoms with Gasteiger partial charge in [0.05, 0.1) is 6.10 Å². The molecule has 0 aliphatic carbocycles. The number of aliphatic hydroxyl groups excluding tert-OH is 1. The van der Waals surface area contributed by atoms with Gasteiger partial charge in [0.15, 0.2) is 0 Å². The van der Waals surface area contributed by atoms with Crippen LogP contribution < -0.4 is 0 Å². The Morgan fingerprint density at radius 3 is 2.24 bits per heavy atom. The summed E-state index contributed by atoms with van der Waals surface area (Å²) in [5.41, 5.74) is -1.03. The van der Waals surface area contributed by atoms with E-state index >= 15 is 0 Å². The van der Waals surface area contributed by atoms with E-state index in [1.54, 1.807) is 18.9 Å². The first-order chi connectivity index (χ1) is 9.70. The first-order valence-electron chi connectivity index (χ1n) is 6.36. The molecule has 0 aromatic heterocycles. The van der Waals surface area contributed by atoms with Gasteiger partial charge in [0.2, 0.25) is 0 Å². The molecule has 116 valence electrons. The maximum Gasteiger partial charge on any atom is 0.281 e. The minimum atomic E-state index is -2.87. The molecule has 0 aliphatic rings. The number of halogens is 2. The molecule has 2 atom stereocenters. The highest BCUT2D eigenvalue weighted by Crippen LogP contribution is 2.30. The summed E-state index contributed by atoms with van der Waals surface area (Å²) in [5.74, 6) is 0. The molecule has 2 nitrogen and oxygen atoms in total. The molecule has 5 heteroatoms. The normalized spacial score (nSPS) is 13.1. The predicted octanol–water partition coefficient (Wildman–Crippen LogP) is 3.79. The Bertz CT molecular complexity index is 475. The lowest BCUT2D eigenvalue weighted by molar-refractivity contribution is 0.144. The molecule has 1 aromatic carbocycles. The number of rotatable bonds is 5. The van der Waals surface area contributed by atoms with Crippen LogP contribution in [0.25, 0.3) is 0 Å². The van der Waals surface area contributed by atoms with Gasteiger partial charge >= 0.3 is 0 Å². The van der Waals surface area contributed by atoms with Crippen molar-refractivity contribution in [2.75, 3.05) is 7.05 Å². The SMILES string of the molecule is C#C.C/C(=C\N(C)Cc1ccc(C(C)O)cc1)C(F)(F)P. The summed E-state index contributed by atoms with van der Waals surface area (Å²) in [6.07, 6.45) is 8.94. The van der Waals surface area contributed by atoms with Crippen LogP contribution in [0.3, 0.4) is 0 Å². The van der Waals surface area contributed by atoms with Gasteiger partial charge in [-0.05, 0) is 25.0 Å². The van der Waals surface area contributed by atoms with E-state index in [2.05, 4.69) is 12.8 Å². The number of benzene rings is 1. The fourth-order valence-corrected chi connectivity index (χ4v) is 1.73. The smallest absolute Gasteiger partial charge is 0.281 e. The summed E-state index contributed by atoms with van der Waals surface area (Å²) in [5, 5.41) is 9.40. The second-order valence-electron chi connectivity index (χ2n) is 4.77. The molecule has 0 amide bonds. The summed E-state index contributed by atoms with van der Waals surface area (Å²) < 4.78 is 26.0. The zero-order chi connectivity index (χ0) is 16.6. The Hall–Kier alpha value is -1.43. The van der Waals surface area contributed by atoms with Gasteiger partial charge in [-0.2, -0.15) is 8.78 Å². The van der Waals surface area contributed by atoms with Crippen LogP contribution in [0.5, 0.6) is 0 Å². The average molecular weight is 313 g/mol. The minimum absolute atomic E-state index is 0.000556. The monoisotopic (exact) mass is 313 g/mol. The molecule has 0 radical (unpaired) electrons. The fraction of sp³-hybridized carbons (Fsp3) is 0.375. The van der Waals surface area contributed by atoms with Crippen LogP contribution in [0.2, 0.25) is 0 Å². The van der Waals surface area contributed by atoms with Crippen molar-refractivity contribution in [3.63, 3.8) is 0 Å². The Kier molecular flexibility index (Phi) is 8.17. The maximum atomic E-state index is 13.0. The topological polar surface area (TPSA) is 23.5 Å². The molecule has 1 aromatic rings. The molecule has 0 bridgehead atoms. The highest BCUT2D eigenvalue weighted by atomic mass is 31.0. The van der Waals surface area contributed by atoms with Crippen LogP contribution in [0.15, 0.2) is 36.0 Å². The van der Waals surface area contributed by atoms with E-state index in [0.717, 1.165) is 11.1 Å². The van der Waals surface area contributed by atoms with Crippen molar-refractivity contribution in [3.05, 3.63) is 47.2 Å². The number of nitrogens with zero attached hydrogens (tertiary/aromatic N) is 1. The highest BCUT2D eigenvalue weighted by Gasteiger charge is 2.24. The third-order valence-corrected chi connectivity index (χ3v) is 3.29. The molecular formula is C16H22F2NOP. The van der Waals surface area contributed by atoms with Gasteiger partial charge in [-0.15, -0.1) is 12.8 Å². The van der Waals surface area contributed by atoms with E-state index in [1.807, 2.05) is 24.3 Å². The Labute approximate surface area is 128 Å². The molecule has 0 fully saturated rings. The van der Waals surface area contributed by atoms with Crippen LogP contribution >= 0.6 is 9.24 Å². The molecule has 0 heterocycles. The fourth-order valence-electron chi connectivity index (χ4n) is 1.65. The van der Waals surface area contributed by atoms with Crippen LogP contribution in [0, 0.1) is 12.8 Å². The molecule has 2 unspecified atom stereocenters. The number of terminal acetylenes is 1. The summed E-state index contributed by atoms with van der Waals surface area (Å²) in [6.45, 7) is 3.65. The van der Waals surface area contributed by atoms with Crippen molar-refractivity contribution < 1.29 is 13.9 Å². The van der Waals surface area contributed by atoms with Gasteiger partial charge in [-0.1, -0.05) is 33.5 Å². The van der Waals surface area contributed by atoms with Crippen LogP contribution in [-0.4, -0.2) is 22.7 Å². The molecule has 1 rings (SSSR count). The zero-order valence-electron chi connectivity index (χ0n) is 12.6. The number of hydrogen-bond acceptors (Lipinski definition) is 2. The van der Waals surface area contributed by atoms with Crippen LogP contribution in [-0.2, 0) is 6.54 Å². The summed E-state index contributed by atoms with van der Waals surface area (Å²) in [7, 11) is 3.28. The highest BCUT2D eigenvalue weighted by molar-refractivity contribution is 7.18.